The number of hydrogen-bond donors (Lipinski definition) is 2. The van der Waals surface area contributed by atoms with E-state index < -0.39 is 0 Å². The molecule has 4 aliphatic carbocycles. The van der Waals surface area contributed by atoms with Gasteiger partial charge >= 0.3 is 0 Å². The predicted octanol–water partition coefficient (Wildman–Crippen LogP) is 6.47. The summed E-state index contributed by atoms with van der Waals surface area (Å²) in [5, 5.41) is 20.8. The summed E-state index contributed by atoms with van der Waals surface area (Å²) in [6.45, 7) is 11.8. The van der Waals surface area contributed by atoms with Crippen molar-refractivity contribution >= 4 is 7.85 Å². The van der Waals surface area contributed by atoms with Crippen molar-refractivity contribution in [3.63, 3.8) is 0 Å². The van der Waals surface area contributed by atoms with E-state index in [1.807, 2.05) is 13.0 Å². The maximum Gasteiger partial charge on any atom is 0.160 e. The molecular weight excluding hydrogens is 367 g/mol. The molecule has 30 heavy (non-hydrogen) atoms. The van der Waals surface area contributed by atoms with Crippen molar-refractivity contribution in [2.45, 2.75) is 90.8 Å². The number of phenolic OH excluding ortho intramolecular Hbond substituents is 2. The van der Waals surface area contributed by atoms with Crippen LogP contribution < -0.4 is 0 Å². The number of fused-ring (bicyclic) bond motifs is 7. The highest BCUT2D eigenvalue weighted by atomic mass is 16.3. The lowest BCUT2D eigenvalue weighted by molar-refractivity contribution is -0.0809. The van der Waals surface area contributed by atoms with E-state index in [2.05, 4.69) is 33.8 Å². The second kappa shape index (κ2) is 6.33. The van der Waals surface area contributed by atoms with Crippen LogP contribution >= 0.6 is 0 Å². The molecule has 4 aliphatic rings. The largest absolute Gasteiger partial charge is 0.504 e. The summed E-state index contributed by atoms with van der Waals surface area (Å²) < 4.78 is 0. The van der Waals surface area contributed by atoms with E-state index in [-0.39, 0.29) is 28.1 Å². The number of aromatic hydroxyl groups is 2. The van der Waals surface area contributed by atoms with Crippen LogP contribution in [0.25, 0.3) is 0 Å². The molecule has 1 aromatic rings. The number of allylic oxidation sites excluding steroid dienone is 2. The third kappa shape index (κ3) is 2.50. The number of phenols is 2. The highest BCUT2D eigenvalue weighted by Crippen LogP contribution is 2.69. The molecule has 5 rings (SSSR count). The van der Waals surface area contributed by atoms with Crippen LogP contribution in [0.5, 0.6) is 11.5 Å². The standard InChI is InChI=1S/C27H37BO2/c1-15-6-8-25(3)10-11-27(5)17(18(25)12-15)7-9-26(4)19-13-21(29)24(30)16(2)23(19)20(28)14-22(26)27/h13-15,17-18,20,29-30H,6-12H2,1-5H3. The van der Waals surface area contributed by atoms with Crippen LogP contribution in [0.1, 0.15) is 95.1 Å². The van der Waals surface area contributed by atoms with E-state index in [9.17, 15) is 10.2 Å². The quantitative estimate of drug-likeness (QED) is 0.296. The van der Waals surface area contributed by atoms with Gasteiger partial charge in [0.25, 0.3) is 0 Å². The Morgan fingerprint density at radius 3 is 2.47 bits per heavy atom. The fourth-order valence-electron chi connectivity index (χ4n) is 8.40. The minimum absolute atomic E-state index is 0.00877. The molecule has 0 saturated heterocycles. The minimum Gasteiger partial charge on any atom is -0.504 e. The molecule has 2 nitrogen and oxygen atoms in total. The maximum absolute atomic E-state index is 10.5. The van der Waals surface area contributed by atoms with E-state index in [4.69, 9.17) is 7.85 Å². The van der Waals surface area contributed by atoms with Gasteiger partial charge in [-0.25, -0.2) is 0 Å². The maximum atomic E-state index is 10.5. The van der Waals surface area contributed by atoms with Gasteiger partial charge in [-0.3, -0.25) is 0 Å². The summed E-state index contributed by atoms with van der Waals surface area (Å²) in [6.07, 6.45) is 11.4. The molecule has 7 unspecified atom stereocenters. The van der Waals surface area contributed by atoms with Gasteiger partial charge in [-0.05, 0) is 103 Å². The highest BCUT2D eigenvalue weighted by molar-refractivity contribution is 6.14. The Morgan fingerprint density at radius 2 is 1.73 bits per heavy atom. The summed E-state index contributed by atoms with van der Waals surface area (Å²) in [7, 11) is 6.72. The van der Waals surface area contributed by atoms with E-state index in [1.165, 1.54) is 44.1 Å². The summed E-state index contributed by atoms with van der Waals surface area (Å²) in [5.41, 5.74) is 4.97. The number of hydrogen-bond acceptors (Lipinski definition) is 2. The summed E-state index contributed by atoms with van der Waals surface area (Å²) in [6, 6.07) is 1.81. The zero-order valence-electron chi connectivity index (χ0n) is 19.4. The minimum atomic E-state index is -0.219. The molecule has 7 atom stereocenters. The lowest BCUT2D eigenvalue weighted by Crippen LogP contribution is -2.56. The second-order valence-corrected chi connectivity index (χ2v) is 12.0. The van der Waals surface area contributed by atoms with Crippen LogP contribution in [-0.2, 0) is 5.41 Å². The third-order valence-electron chi connectivity index (χ3n) is 10.3. The van der Waals surface area contributed by atoms with Gasteiger partial charge < -0.3 is 10.2 Å². The fourth-order valence-corrected chi connectivity index (χ4v) is 8.40. The monoisotopic (exact) mass is 404 g/mol. The zero-order valence-corrected chi connectivity index (χ0v) is 19.4. The van der Waals surface area contributed by atoms with Crippen molar-refractivity contribution in [3.8, 4) is 11.5 Å². The summed E-state index contributed by atoms with van der Waals surface area (Å²) >= 11 is 0. The first-order valence-electron chi connectivity index (χ1n) is 12.1. The SMILES string of the molecule is [B]C1C=C2C(C)(CCC3C4CC(C)CCC4(C)CCC23C)c2cc(O)c(O)c(C)c21. The molecule has 0 heterocycles. The van der Waals surface area contributed by atoms with Gasteiger partial charge in [0.1, 0.15) is 0 Å². The van der Waals surface area contributed by atoms with Crippen LogP contribution in [0.3, 0.4) is 0 Å². The van der Waals surface area contributed by atoms with Gasteiger partial charge in [0.15, 0.2) is 11.5 Å². The average Bonchev–Trinajstić information content (AvgIpc) is 2.69. The first-order chi connectivity index (χ1) is 14.0. The summed E-state index contributed by atoms with van der Waals surface area (Å²) in [5.74, 6) is 2.12. The van der Waals surface area contributed by atoms with Crippen LogP contribution in [-0.4, -0.2) is 18.1 Å². The van der Waals surface area contributed by atoms with Crippen molar-refractivity contribution in [1.29, 1.82) is 0 Å². The third-order valence-corrected chi connectivity index (χ3v) is 10.3. The van der Waals surface area contributed by atoms with E-state index >= 15 is 0 Å². The lowest BCUT2D eigenvalue weighted by Gasteiger charge is -2.64. The Bertz CT molecular complexity index is 935. The first kappa shape index (κ1) is 20.5. The molecule has 0 spiro atoms. The van der Waals surface area contributed by atoms with Gasteiger partial charge in [0.05, 0.1) is 7.85 Å². The topological polar surface area (TPSA) is 40.5 Å². The van der Waals surface area contributed by atoms with Crippen molar-refractivity contribution in [1.82, 2.24) is 0 Å². The Labute approximate surface area is 183 Å². The van der Waals surface area contributed by atoms with Crippen molar-refractivity contribution in [2.24, 2.45) is 28.6 Å². The predicted molar refractivity (Wildman–Crippen MR) is 123 cm³/mol. The van der Waals surface area contributed by atoms with Crippen molar-refractivity contribution in [3.05, 3.63) is 34.4 Å². The molecule has 2 N–H and O–H groups in total. The zero-order chi connectivity index (χ0) is 21.6. The Hall–Kier alpha value is -1.38. The smallest absolute Gasteiger partial charge is 0.160 e. The molecule has 0 amide bonds. The Balaban J connectivity index is 1.64. The van der Waals surface area contributed by atoms with E-state index in [0.29, 0.717) is 5.41 Å². The molecule has 0 bridgehead atoms. The molecule has 3 heteroatoms. The lowest BCUT2D eigenvalue weighted by atomic mass is 9.40. The Kier molecular flexibility index (Phi) is 4.33. The molecule has 0 aliphatic heterocycles. The molecule has 2 radical (unpaired) electrons. The number of rotatable bonds is 0. The fraction of sp³-hybridized carbons (Fsp3) is 0.704. The highest BCUT2D eigenvalue weighted by Gasteiger charge is 2.60. The van der Waals surface area contributed by atoms with E-state index in [1.54, 1.807) is 0 Å². The molecule has 1 aromatic carbocycles. The van der Waals surface area contributed by atoms with Crippen LogP contribution in [0.15, 0.2) is 17.7 Å². The molecule has 3 saturated carbocycles. The second-order valence-electron chi connectivity index (χ2n) is 12.0. The molecule has 160 valence electrons. The average molecular weight is 404 g/mol. The van der Waals surface area contributed by atoms with Gasteiger partial charge in [-0.1, -0.05) is 45.8 Å². The first-order valence-corrected chi connectivity index (χ1v) is 12.1. The van der Waals surface area contributed by atoms with Gasteiger partial charge in [-0.15, -0.1) is 0 Å². The molecular formula is C27H37BO2. The normalized spacial score (nSPS) is 44.9. The van der Waals surface area contributed by atoms with Gasteiger partial charge in [0.2, 0.25) is 0 Å². The van der Waals surface area contributed by atoms with Crippen LogP contribution in [0.4, 0.5) is 0 Å². The summed E-state index contributed by atoms with van der Waals surface area (Å²) in [4.78, 5) is 0. The van der Waals surface area contributed by atoms with Gasteiger partial charge in [-0.2, -0.15) is 0 Å². The number of benzene rings is 1. The Morgan fingerprint density at radius 1 is 1.00 bits per heavy atom. The van der Waals surface area contributed by atoms with Crippen LogP contribution in [0, 0.1) is 35.5 Å². The molecule has 0 aromatic heterocycles. The van der Waals surface area contributed by atoms with E-state index in [0.717, 1.165) is 40.9 Å². The molecule has 3 fully saturated rings. The van der Waals surface area contributed by atoms with Gasteiger partial charge in [0, 0.05) is 5.41 Å². The van der Waals surface area contributed by atoms with Crippen molar-refractivity contribution < 1.29 is 10.2 Å². The van der Waals surface area contributed by atoms with Crippen LogP contribution in [0.2, 0.25) is 0 Å². The van der Waals surface area contributed by atoms with Crippen molar-refractivity contribution in [2.75, 3.05) is 0 Å².